The standard InChI is InChI=1S/C27H25ClN2O4S/c1-16-10-14-35-26(16)23-22(24(31)18-5-8-21-20(15-18)29(2)12-13-34-21)25(32)27(33)30(23)11-9-17-3-6-19(28)7-4-17/h3-8,10,14-15,23,31H,9,11-13H2,1-2H3/b24-22-. The molecule has 0 bridgehead atoms. The van der Waals surface area contributed by atoms with Crippen molar-refractivity contribution in [3.63, 3.8) is 0 Å². The van der Waals surface area contributed by atoms with E-state index in [9.17, 15) is 14.7 Å². The molecule has 0 spiro atoms. The van der Waals surface area contributed by atoms with Gasteiger partial charge in [0.05, 0.1) is 23.8 Å². The number of benzene rings is 2. The van der Waals surface area contributed by atoms with E-state index >= 15 is 0 Å². The maximum atomic E-state index is 13.3. The Bertz CT molecular complexity index is 1330. The van der Waals surface area contributed by atoms with Crippen LogP contribution in [0.5, 0.6) is 5.75 Å². The molecule has 5 rings (SSSR count). The lowest BCUT2D eigenvalue weighted by Gasteiger charge is -2.28. The number of amides is 1. The number of anilines is 1. The second-order valence-corrected chi connectivity index (χ2v) is 10.2. The number of Topliss-reactive ketones (excluding diaryl/α,β-unsaturated/α-hetero) is 1. The number of aliphatic hydroxyl groups is 1. The van der Waals surface area contributed by atoms with E-state index in [2.05, 4.69) is 0 Å². The van der Waals surface area contributed by atoms with Crippen molar-refractivity contribution in [3.05, 3.63) is 86.1 Å². The quantitative estimate of drug-likeness (QED) is 0.291. The highest BCUT2D eigenvalue weighted by Gasteiger charge is 2.46. The minimum Gasteiger partial charge on any atom is -0.507 e. The van der Waals surface area contributed by atoms with Crippen LogP contribution in [0.1, 0.15) is 27.6 Å². The zero-order chi connectivity index (χ0) is 24.7. The molecule has 2 aliphatic heterocycles. The maximum Gasteiger partial charge on any atom is 0.295 e. The van der Waals surface area contributed by atoms with Gasteiger partial charge in [0.1, 0.15) is 18.1 Å². The Morgan fingerprint density at radius 3 is 2.66 bits per heavy atom. The number of aliphatic hydroxyl groups excluding tert-OH is 1. The number of rotatable bonds is 5. The number of fused-ring (bicyclic) bond motifs is 1. The van der Waals surface area contributed by atoms with Gasteiger partial charge in [-0.05, 0) is 66.2 Å². The summed E-state index contributed by atoms with van der Waals surface area (Å²) in [7, 11) is 1.95. The van der Waals surface area contributed by atoms with Crippen LogP contribution >= 0.6 is 22.9 Å². The van der Waals surface area contributed by atoms with Gasteiger partial charge in [0.25, 0.3) is 11.7 Å². The SMILES string of the molecule is Cc1ccsc1C1/C(=C(/O)c2ccc3c(c2)N(C)CCO3)C(=O)C(=O)N1CCc1ccc(Cl)cc1. The number of likely N-dealkylation sites (N-methyl/N-ethyl adjacent to an activating group) is 1. The van der Waals surface area contributed by atoms with E-state index in [0.29, 0.717) is 30.2 Å². The van der Waals surface area contributed by atoms with Crippen molar-refractivity contribution in [3.8, 4) is 5.75 Å². The van der Waals surface area contributed by atoms with E-state index < -0.39 is 17.7 Å². The Hall–Kier alpha value is -3.29. The monoisotopic (exact) mass is 508 g/mol. The van der Waals surface area contributed by atoms with Crippen molar-refractivity contribution >= 4 is 46.1 Å². The molecule has 1 N–H and O–H groups in total. The Morgan fingerprint density at radius 1 is 1.17 bits per heavy atom. The molecule has 3 heterocycles. The van der Waals surface area contributed by atoms with Crippen molar-refractivity contribution in [1.29, 1.82) is 0 Å². The number of aryl methyl sites for hydroxylation is 1. The van der Waals surface area contributed by atoms with E-state index in [-0.39, 0.29) is 11.3 Å². The van der Waals surface area contributed by atoms with Crippen LogP contribution in [0.15, 0.2) is 59.5 Å². The molecular formula is C27H25ClN2O4S. The van der Waals surface area contributed by atoms with E-state index in [1.807, 2.05) is 60.6 Å². The minimum atomic E-state index is -0.668. The predicted molar refractivity (Wildman–Crippen MR) is 138 cm³/mol. The summed E-state index contributed by atoms with van der Waals surface area (Å²) in [6, 6.07) is 14.1. The third-order valence-electron chi connectivity index (χ3n) is 6.57. The molecule has 1 amide bonds. The smallest absolute Gasteiger partial charge is 0.295 e. The average molecular weight is 509 g/mol. The highest BCUT2D eigenvalue weighted by Crippen LogP contribution is 2.43. The molecule has 8 heteroatoms. The Kier molecular flexibility index (Phi) is 6.30. The number of halogens is 1. The Labute approximate surface area is 213 Å². The summed E-state index contributed by atoms with van der Waals surface area (Å²) in [6.45, 7) is 3.61. The van der Waals surface area contributed by atoms with Gasteiger partial charge in [-0.25, -0.2) is 0 Å². The first-order chi connectivity index (χ1) is 16.8. The van der Waals surface area contributed by atoms with Gasteiger partial charge in [-0.3, -0.25) is 9.59 Å². The van der Waals surface area contributed by atoms with Crippen LogP contribution in [-0.4, -0.2) is 48.4 Å². The Balaban J connectivity index is 1.56. The Morgan fingerprint density at radius 2 is 1.94 bits per heavy atom. The number of likely N-dealkylation sites (tertiary alicyclic amines) is 1. The van der Waals surface area contributed by atoms with Gasteiger partial charge in [-0.15, -0.1) is 11.3 Å². The summed E-state index contributed by atoms with van der Waals surface area (Å²) in [4.78, 5) is 31.0. The topological polar surface area (TPSA) is 70.1 Å². The van der Waals surface area contributed by atoms with E-state index in [1.165, 1.54) is 11.3 Å². The number of carbonyl (C=O) groups excluding carboxylic acids is 2. The van der Waals surface area contributed by atoms with Gasteiger partial charge >= 0.3 is 0 Å². The molecule has 1 atom stereocenters. The molecule has 180 valence electrons. The lowest BCUT2D eigenvalue weighted by Crippen LogP contribution is -2.31. The summed E-state index contributed by atoms with van der Waals surface area (Å²) in [5.41, 5.74) is 3.42. The molecule has 0 aliphatic carbocycles. The zero-order valence-electron chi connectivity index (χ0n) is 19.5. The van der Waals surface area contributed by atoms with Crippen molar-refractivity contribution in [2.45, 2.75) is 19.4 Å². The third kappa shape index (κ3) is 4.30. The number of nitrogens with zero attached hydrogens (tertiary/aromatic N) is 2. The summed E-state index contributed by atoms with van der Waals surface area (Å²) in [5, 5.41) is 14.0. The third-order valence-corrected chi connectivity index (χ3v) is 7.90. The van der Waals surface area contributed by atoms with Crippen molar-refractivity contribution in [2.24, 2.45) is 0 Å². The van der Waals surface area contributed by atoms with E-state index in [4.69, 9.17) is 16.3 Å². The normalized spacial score (nSPS) is 19.1. The number of carbonyl (C=O) groups is 2. The first-order valence-electron chi connectivity index (χ1n) is 11.4. The predicted octanol–water partition coefficient (Wildman–Crippen LogP) is 5.20. The largest absolute Gasteiger partial charge is 0.507 e. The molecule has 35 heavy (non-hydrogen) atoms. The molecule has 1 unspecified atom stereocenters. The number of hydrogen-bond acceptors (Lipinski definition) is 6. The van der Waals surface area contributed by atoms with Crippen LogP contribution in [0.3, 0.4) is 0 Å². The fourth-order valence-corrected chi connectivity index (χ4v) is 5.77. The molecule has 2 aromatic carbocycles. The van der Waals surface area contributed by atoms with Gasteiger partial charge in [0.15, 0.2) is 0 Å². The first kappa shape index (κ1) is 23.5. The molecule has 3 aromatic rings. The highest BCUT2D eigenvalue weighted by atomic mass is 35.5. The van der Waals surface area contributed by atoms with Crippen molar-refractivity contribution < 1.29 is 19.4 Å². The van der Waals surface area contributed by atoms with Crippen molar-refractivity contribution in [1.82, 2.24) is 4.90 Å². The highest BCUT2D eigenvalue weighted by molar-refractivity contribution is 7.10. The van der Waals surface area contributed by atoms with Gasteiger partial charge in [-0.2, -0.15) is 0 Å². The van der Waals surface area contributed by atoms with Crippen LogP contribution in [0, 0.1) is 6.92 Å². The lowest BCUT2D eigenvalue weighted by atomic mass is 9.97. The second kappa shape index (κ2) is 9.40. The first-order valence-corrected chi connectivity index (χ1v) is 12.7. The van der Waals surface area contributed by atoms with Gasteiger partial charge in [0, 0.05) is 29.1 Å². The lowest BCUT2D eigenvalue weighted by molar-refractivity contribution is -0.139. The molecule has 6 nitrogen and oxygen atoms in total. The van der Waals surface area contributed by atoms with Gasteiger partial charge < -0.3 is 19.6 Å². The van der Waals surface area contributed by atoms with E-state index in [1.54, 1.807) is 17.0 Å². The summed E-state index contributed by atoms with van der Waals surface area (Å²) >= 11 is 7.48. The fourth-order valence-electron chi connectivity index (χ4n) is 4.60. The van der Waals surface area contributed by atoms with Crippen LogP contribution in [0.25, 0.3) is 5.76 Å². The van der Waals surface area contributed by atoms with Crippen LogP contribution in [0.2, 0.25) is 5.02 Å². The summed E-state index contributed by atoms with van der Waals surface area (Å²) in [6.07, 6.45) is 0.562. The number of thiophene rings is 1. The van der Waals surface area contributed by atoms with Gasteiger partial charge in [0.2, 0.25) is 0 Å². The molecule has 2 aliphatic rings. The molecule has 1 saturated heterocycles. The number of hydrogen-bond donors (Lipinski definition) is 1. The molecular weight excluding hydrogens is 484 g/mol. The summed E-state index contributed by atoms with van der Waals surface area (Å²) < 4.78 is 5.71. The van der Waals surface area contributed by atoms with E-state index in [0.717, 1.165) is 34.0 Å². The minimum absolute atomic E-state index is 0.121. The fraction of sp³-hybridized carbons (Fsp3) is 0.259. The summed E-state index contributed by atoms with van der Waals surface area (Å²) in [5.74, 6) is -0.711. The molecule has 1 aromatic heterocycles. The molecule has 0 saturated carbocycles. The molecule has 1 fully saturated rings. The second-order valence-electron chi connectivity index (χ2n) is 8.79. The number of ketones is 1. The van der Waals surface area contributed by atoms with Crippen LogP contribution in [-0.2, 0) is 16.0 Å². The number of ether oxygens (including phenoxy) is 1. The van der Waals surface area contributed by atoms with Crippen molar-refractivity contribution in [2.75, 3.05) is 31.6 Å². The zero-order valence-corrected chi connectivity index (χ0v) is 21.0. The average Bonchev–Trinajstić information content (AvgIpc) is 3.38. The van der Waals surface area contributed by atoms with Crippen LogP contribution < -0.4 is 9.64 Å². The maximum absolute atomic E-state index is 13.3. The van der Waals surface area contributed by atoms with Crippen LogP contribution in [0.4, 0.5) is 5.69 Å². The van der Waals surface area contributed by atoms with Gasteiger partial charge in [-0.1, -0.05) is 23.7 Å². The molecule has 0 radical (unpaired) electrons.